The smallest absolute Gasteiger partial charge is 0.411 e. The number of nitrogens with one attached hydrogen (secondary N) is 1. The van der Waals surface area contributed by atoms with Gasteiger partial charge in [0.05, 0.1) is 4.92 Å². The van der Waals surface area contributed by atoms with Gasteiger partial charge in [0.15, 0.2) is 0 Å². The van der Waals surface area contributed by atoms with Crippen molar-refractivity contribution >= 4 is 17.6 Å². The number of aromatic nitrogens is 1. The first-order valence-corrected chi connectivity index (χ1v) is 9.61. The van der Waals surface area contributed by atoms with Gasteiger partial charge in [-0.1, -0.05) is 13.3 Å². The van der Waals surface area contributed by atoms with E-state index in [9.17, 15) is 14.9 Å². The zero-order valence-electron chi connectivity index (χ0n) is 16.7. The van der Waals surface area contributed by atoms with E-state index in [2.05, 4.69) is 10.3 Å². The zero-order valence-corrected chi connectivity index (χ0v) is 16.7. The molecular weight excluding hydrogens is 348 g/mol. The lowest BCUT2D eigenvalue weighted by Crippen LogP contribution is -2.49. The number of rotatable bonds is 6. The normalized spacial score (nSPS) is 17.5. The maximum absolute atomic E-state index is 12.6. The van der Waals surface area contributed by atoms with Crippen LogP contribution >= 0.6 is 0 Å². The van der Waals surface area contributed by atoms with E-state index in [1.807, 2.05) is 27.7 Å². The predicted octanol–water partition coefficient (Wildman–Crippen LogP) is 4.49. The van der Waals surface area contributed by atoms with Gasteiger partial charge in [-0.3, -0.25) is 15.0 Å². The largest absolute Gasteiger partial charge is 0.444 e. The van der Waals surface area contributed by atoms with Crippen molar-refractivity contribution in [3.8, 4) is 0 Å². The Kier molecular flexibility index (Phi) is 6.98. The Bertz CT molecular complexity index is 672. The molecule has 27 heavy (non-hydrogen) atoms. The van der Waals surface area contributed by atoms with E-state index in [-0.39, 0.29) is 22.6 Å². The summed E-state index contributed by atoms with van der Waals surface area (Å²) in [5.74, 6) is 0.217. The highest BCUT2D eigenvalue weighted by Gasteiger charge is 2.32. The summed E-state index contributed by atoms with van der Waals surface area (Å²) < 4.78 is 5.49. The number of hydrogen-bond donors (Lipinski definition) is 1. The van der Waals surface area contributed by atoms with E-state index in [4.69, 9.17) is 4.74 Å². The average Bonchev–Trinajstić information content (AvgIpc) is 2.58. The van der Waals surface area contributed by atoms with Gasteiger partial charge in [0.2, 0.25) is 5.82 Å². The molecule has 1 unspecified atom stereocenters. The molecule has 0 aromatic carbocycles. The minimum Gasteiger partial charge on any atom is -0.444 e. The Morgan fingerprint density at radius 1 is 1.44 bits per heavy atom. The van der Waals surface area contributed by atoms with E-state index >= 15 is 0 Å². The Labute approximate surface area is 160 Å². The standard InChI is InChI=1S/C19H30N4O4/c1-5-6-9-14-11-12-20-17(16(14)23(25)26)21-15-10-7-8-13-22(15)18(24)27-19(2,3)4/h11-12,15H,5-10,13H2,1-4H3,(H,20,21). The maximum Gasteiger partial charge on any atom is 0.411 e. The second kappa shape index (κ2) is 9.01. The third-order valence-electron chi connectivity index (χ3n) is 4.42. The number of hydrogen-bond acceptors (Lipinski definition) is 6. The molecule has 1 aromatic rings. The summed E-state index contributed by atoms with van der Waals surface area (Å²) in [5, 5.41) is 14.8. The molecule has 2 heterocycles. The fourth-order valence-electron chi connectivity index (χ4n) is 3.15. The molecule has 8 nitrogen and oxygen atoms in total. The second-order valence-electron chi connectivity index (χ2n) is 7.86. The molecule has 1 aromatic heterocycles. The Morgan fingerprint density at radius 3 is 2.81 bits per heavy atom. The highest BCUT2D eigenvalue weighted by molar-refractivity contribution is 5.70. The molecule has 0 spiro atoms. The lowest BCUT2D eigenvalue weighted by molar-refractivity contribution is -0.384. The van der Waals surface area contributed by atoms with Crippen LogP contribution in [0.3, 0.4) is 0 Å². The van der Waals surface area contributed by atoms with Crippen molar-refractivity contribution in [1.82, 2.24) is 9.88 Å². The summed E-state index contributed by atoms with van der Waals surface area (Å²) in [6.45, 7) is 8.06. The fraction of sp³-hybridized carbons (Fsp3) is 0.684. The van der Waals surface area contributed by atoms with Crippen LogP contribution in [0.1, 0.15) is 65.4 Å². The molecule has 1 N–H and O–H groups in total. The molecule has 150 valence electrons. The number of amides is 1. The Hall–Kier alpha value is -2.38. The van der Waals surface area contributed by atoms with Crippen molar-refractivity contribution in [1.29, 1.82) is 0 Å². The summed E-state index contributed by atoms with van der Waals surface area (Å²) in [6, 6.07) is 1.70. The number of nitro groups is 1. The van der Waals surface area contributed by atoms with Crippen LogP contribution in [0, 0.1) is 10.1 Å². The number of carbonyl (C=O) groups is 1. The van der Waals surface area contributed by atoms with Crippen LogP contribution in [0.25, 0.3) is 0 Å². The number of carbonyl (C=O) groups excluding carboxylic acids is 1. The van der Waals surface area contributed by atoms with Crippen molar-refractivity contribution in [2.24, 2.45) is 0 Å². The highest BCUT2D eigenvalue weighted by atomic mass is 16.6. The minimum absolute atomic E-state index is 0.000613. The first-order chi connectivity index (χ1) is 12.7. The number of likely N-dealkylation sites (tertiary alicyclic amines) is 1. The van der Waals surface area contributed by atoms with Gasteiger partial charge in [0.25, 0.3) is 0 Å². The molecule has 1 amide bonds. The van der Waals surface area contributed by atoms with Gasteiger partial charge < -0.3 is 10.1 Å². The quantitative estimate of drug-likeness (QED) is 0.578. The zero-order chi connectivity index (χ0) is 20.0. The summed E-state index contributed by atoms with van der Waals surface area (Å²) in [6.07, 6.45) is 5.76. The minimum atomic E-state index is -0.594. The van der Waals surface area contributed by atoms with Crippen molar-refractivity contribution in [3.63, 3.8) is 0 Å². The Morgan fingerprint density at radius 2 is 2.19 bits per heavy atom. The van der Waals surface area contributed by atoms with Gasteiger partial charge in [-0.25, -0.2) is 9.78 Å². The molecule has 0 bridgehead atoms. The molecule has 8 heteroatoms. The number of nitrogens with zero attached hydrogens (tertiary/aromatic N) is 3. The van der Waals surface area contributed by atoms with Crippen LogP contribution in [-0.2, 0) is 11.2 Å². The fourth-order valence-corrected chi connectivity index (χ4v) is 3.15. The lowest BCUT2D eigenvalue weighted by Gasteiger charge is -2.37. The Balaban J connectivity index is 2.25. The van der Waals surface area contributed by atoms with Gasteiger partial charge in [0.1, 0.15) is 11.8 Å². The predicted molar refractivity (Wildman–Crippen MR) is 104 cm³/mol. The molecule has 2 rings (SSSR count). The lowest BCUT2D eigenvalue weighted by atomic mass is 10.1. The summed E-state index contributed by atoms with van der Waals surface area (Å²) in [4.78, 5) is 29.6. The third kappa shape index (κ3) is 5.80. The van der Waals surface area contributed by atoms with Crippen molar-refractivity contribution in [2.75, 3.05) is 11.9 Å². The van der Waals surface area contributed by atoms with Crippen LogP contribution in [-0.4, -0.2) is 39.2 Å². The summed E-state index contributed by atoms with van der Waals surface area (Å²) in [5.41, 5.74) is 0.0725. The number of ether oxygens (including phenoxy) is 1. The van der Waals surface area contributed by atoms with E-state index in [0.29, 0.717) is 24.9 Å². The van der Waals surface area contributed by atoms with Gasteiger partial charge in [-0.15, -0.1) is 0 Å². The SMILES string of the molecule is CCCCc1ccnc(NC2CCCCN2C(=O)OC(C)(C)C)c1[N+](=O)[O-]. The summed E-state index contributed by atoms with van der Waals surface area (Å²) in [7, 11) is 0. The van der Waals surface area contributed by atoms with Crippen LogP contribution in [0.2, 0.25) is 0 Å². The van der Waals surface area contributed by atoms with Gasteiger partial charge >= 0.3 is 11.8 Å². The van der Waals surface area contributed by atoms with Gasteiger partial charge in [-0.2, -0.15) is 0 Å². The number of piperidine rings is 1. The first kappa shape index (κ1) is 20.9. The molecular formula is C19H30N4O4. The molecule has 0 aliphatic carbocycles. The van der Waals surface area contributed by atoms with E-state index in [1.165, 1.54) is 0 Å². The molecule has 0 radical (unpaired) electrons. The van der Waals surface area contributed by atoms with Crippen molar-refractivity contribution < 1.29 is 14.5 Å². The number of unbranched alkanes of at least 4 members (excludes halogenated alkanes) is 1. The molecule has 0 saturated carbocycles. The number of anilines is 1. The van der Waals surface area contributed by atoms with Crippen molar-refractivity contribution in [2.45, 2.75) is 78.0 Å². The van der Waals surface area contributed by atoms with E-state index in [0.717, 1.165) is 25.7 Å². The molecule has 1 aliphatic heterocycles. The molecule has 1 fully saturated rings. The van der Waals surface area contributed by atoms with Gasteiger partial charge in [-0.05, 0) is 58.9 Å². The maximum atomic E-state index is 12.6. The van der Waals surface area contributed by atoms with Gasteiger partial charge in [0, 0.05) is 18.3 Å². The van der Waals surface area contributed by atoms with Crippen LogP contribution in [0.15, 0.2) is 12.3 Å². The molecule has 1 aliphatic rings. The highest BCUT2D eigenvalue weighted by Crippen LogP contribution is 2.30. The first-order valence-electron chi connectivity index (χ1n) is 9.61. The molecule has 1 atom stereocenters. The van der Waals surface area contributed by atoms with Crippen molar-refractivity contribution in [3.05, 3.63) is 27.9 Å². The van der Waals surface area contributed by atoms with E-state index < -0.39 is 11.7 Å². The third-order valence-corrected chi connectivity index (χ3v) is 4.42. The number of pyridine rings is 1. The second-order valence-corrected chi connectivity index (χ2v) is 7.86. The average molecular weight is 378 g/mol. The topological polar surface area (TPSA) is 97.6 Å². The van der Waals surface area contributed by atoms with Crippen LogP contribution in [0.5, 0.6) is 0 Å². The van der Waals surface area contributed by atoms with Crippen LogP contribution in [0.4, 0.5) is 16.3 Å². The monoisotopic (exact) mass is 378 g/mol. The number of aryl methyl sites for hydroxylation is 1. The summed E-state index contributed by atoms with van der Waals surface area (Å²) >= 11 is 0. The van der Waals surface area contributed by atoms with Crippen LogP contribution < -0.4 is 5.32 Å². The van der Waals surface area contributed by atoms with E-state index in [1.54, 1.807) is 17.2 Å². The molecule has 1 saturated heterocycles.